The molecule has 0 aliphatic carbocycles. The minimum absolute atomic E-state index is 0.112. The predicted molar refractivity (Wildman–Crippen MR) is 88.4 cm³/mol. The zero-order valence-electron chi connectivity index (χ0n) is 13.2. The van der Waals surface area contributed by atoms with Gasteiger partial charge in [-0.2, -0.15) is 10.4 Å². The van der Waals surface area contributed by atoms with Gasteiger partial charge in [-0.15, -0.1) is 0 Å². The largest absolute Gasteiger partial charge is 0.464 e. The molecule has 0 spiro atoms. The Bertz CT molecular complexity index is 945. The van der Waals surface area contributed by atoms with Gasteiger partial charge in [-0.05, 0) is 17.7 Å². The second-order valence-electron chi connectivity index (χ2n) is 5.23. The van der Waals surface area contributed by atoms with Gasteiger partial charge in [0.25, 0.3) is 0 Å². The molecule has 2 N–H and O–H groups in total. The Kier molecular flexibility index (Phi) is 3.80. The Balaban J connectivity index is 2.06. The third-order valence-corrected chi connectivity index (χ3v) is 3.73. The molecule has 2 aromatic heterocycles. The molecule has 0 fully saturated rings. The summed E-state index contributed by atoms with van der Waals surface area (Å²) in [6.07, 6.45) is 5.22. The minimum Gasteiger partial charge on any atom is -0.464 e. The van der Waals surface area contributed by atoms with Crippen LogP contribution in [0.3, 0.4) is 0 Å². The van der Waals surface area contributed by atoms with E-state index >= 15 is 0 Å². The van der Waals surface area contributed by atoms with Crippen molar-refractivity contribution in [2.45, 2.75) is 0 Å². The summed E-state index contributed by atoms with van der Waals surface area (Å²) < 4.78 is 8.06. The number of carbonyl (C=O) groups excluding carboxylic acids is 1. The van der Waals surface area contributed by atoms with E-state index < -0.39 is 5.97 Å². The minimum atomic E-state index is -0.592. The van der Waals surface area contributed by atoms with Crippen LogP contribution in [0.25, 0.3) is 16.8 Å². The van der Waals surface area contributed by atoms with Crippen molar-refractivity contribution in [1.82, 2.24) is 14.3 Å². The second kappa shape index (κ2) is 5.93. The van der Waals surface area contributed by atoms with Gasteiger partial charge in [0, 0.05) is 30.7 Å². The molecule has 7 nitrogen and oxygen atoms in total. The van der Waals surface area contributed by atoms with Crippen molar-refractivity contribution in [3.05, 3.63) is 54.1 Å². The SMILES string of the molecule is COC(=O)c1c(N)c(C#N)cn1-c1ccc(-c2cnn(C)c2)cc1. The molecule has 0 aliphatic rings. The molecular formula is C17H15N5O2. The molecule has 0 aliphatic heterocycles. The Morgan fingerprint density at radius 1 is 1.25 bits per heavy atom. The van der Waals surface area contributed by atoms with Gasteiger partial charge >= 0.3 is 5.97 Å². The van der Waals surface area contributed by atoms with Gasteiger partial charge in [-0.25, -0.2) is 4.79 Å². The molecule has 0 saturated carbocycles. The first-order chi connectivity index (χ1) is 11.5. The van der Waals surface area contributed by atoms with Gasteiger partial charge in [-0.1, -0.05) is 12.1 Å². The third-order valence-electron chi connectivity index (χ3n) is 3.73. The summed E-state index contributed by atoms with van der Waals surface area (Å²) in [5.74, 6) is -0.592. The summed E-state index contributed by atoms with van der Waals surface area (Å²) in [7, 11) is 3.13. The van der Waals surface area contributed by atoms with E-state index in [1.165, 1.54) is 13.3 Å². The van der Waals surface area contributed by atoms with Crippen molar-refractivity contribution < 1.29 is 9.53 Å². The summed E-state index contributed by atoms with van der Waals surface area (Å²) in [4.78, 5) is 12.0. The molecule has 3 rings (SSSR count). The van der Waals surface area contributed by atoms with Crippen LogP contribution in [0.2, 0.25) is 0 Å². The number of ether oxygens (including phenoxy) is 1. The number of aryl methyl sites for hydroxylation is 1. The maximum absolute atomic E-state index is 12.0. The zero-order valence-corrected chi connectivity index (χ0v) is 13.2. The zero-order chi connectivity index (χ0) is 17.3. The van der Waals surface area contributed by atoms with Crippen molar-refractivity contribution in [3.8, 4) is 22.9 Å². The predicted octanol–water partition coefficient (Wildman–Crippen LogP) is 2.12. The molecule has 0 unspecified atom stereocenters. The first-order valence-corrected chi connectivity index (χ1v) is 7.14. The van der Waals surface area contributed by atoms with E-state index in [4.69, 9.17) is 15.7 Å². The molecule has 0 bridgehead atoms. The van der Waals surface area contributed by atoms with Gasteiger partial charge in [0.1, 0.15) is 6.07 Å². The number of hydrogen-bond acceptors (Lipinski definition) is 5. The Morgan fingerprint density at radius 2 is 1.96 bits per heavy atom. The summed E-state index contributed by atoms with van der Waals surface area (Å²) in [6.45, 7) is 0. The summed E-state index contributed by atoms with van der Waals surface area (Å²) in [5, 5.41) is 13.3. The van der Waals surface area contributed by atoms with Crippen LogP contribution in [0, 0.1) is 11.3 Å². The Labute approximate surface area is 138 Å². The maximum Gasteiger partial charge on any atom is 0.357 e. The number of nitrogens with two attached hydrogens (primary N) is 1. The van der Waals surface area contributed by atoms with E-state index in [9.17, 15) is 4.79 Å². The molecular weight excluding hydrogens is 306 g/mol. The van der Waals surface area contributed by atoms with Crippen LogP contribution in [0.15, 0.2) is 42.9 Å². The van der Waals surface area contributed by atoms with Crippen molar-refractivity contribution >= 4 is 11.7 Å². The average molecular weight is 321 g/mol. The maximum atomic E-state index is 12.0. The molecule has 0 atom stereocenters. The topological polar surface area (TPSA) is 98.9 Å². The number of aromatic nitrogens is 3. The van der Waals surface area contributed by atoms with Crippen LogP contribution in [0.1, 0.15) is 16.1 Å². The number of carbonyl (C=O) groups is 1. The number of anilines is 1. The van der Waals surface area contributed by atoms with Gasteiger partial charge in [0.2, 0.25) is 0 Å². The smallest absolute Gasteiger partial charge is 0.357 e. The molecule has 1 aromatic carbocycles. The standard InChI is InChI=1S/C17H15N5O2/c1-21-9-13(8-20-21)11-3-5-14(6-4-11)22-10-12(7-18)15(19)16(22)17(23)24-2/h3-6,8-10H,19H2,1-2H3. The van der Waals surface area contributed by atoms with Crippen LogP contribution in [0.5, 0.6) is 0 Å². The summed E-state index contributed by atoms with van der Waals surface area (Å²) in [6, 6.07) is 9.49. The molecule has 0 amide bonds. The molecule has 24 heavy (non-hydrogen) atoms. The fourth-order valence-electron chi connectivity index (χ4n) is 2.50. The van der Waals surface area contributed by atoms with E-state index in [0.29, 0.717) is 5.69 Å². The van der Waals surface area contributed by atoms with E-state index in [1.54, 1.807) is 15.4 Å². The summed E-state index contributed by atoms with van der Waals surface area (Å²) in [5.41, 5.74) is 9.06. The number of hydrogen-bond donors (Lipinski definition) is 1. The second-order valence-corrected chi connectivity index (χ2v) is 5.23. The quantitative estimate of drug-likeness (QED) is 0.745. The fraction of sp³-hybridized carbons (Fsp3) is 0.118. The highest BCUT2D eigenvalue weighted by molar-refractivity contribution is 5.96. The fourth-order valence-corrected chi connectivity index (χ4v) is 2.50. The number of rotatable bonds is 3. The van der Waals surface area contributed by atoms with E-state index in [2.05, 4.69) is 5.10 Å². The normalized spacial score (nSPS) is 10.4. The van der Waals surface area contributed by atoms with Gasteiger partial charge in [0.05, 0.1) is 24.6 Å². The third kappa shape index (κ3) is 2.50. The van der Waals surface area contributed by atoms with E-state index in [-0.39, 0.29) is 16.9 Å². The van der Waals surface area contributed by atoms with Crippen LogP contribution >= 0.6 is 0 Å². The average Bonchev–Trinajstić information content (AvgIpc) is 3.17. The lowest BCUT2D eigenvalue weighted by Crippen LogP contribution is -2.11. The number of nitriles is 1. The number of methoxy groups -OCH3 is 1. The molecule has 0 saturated heterocycles. The highest BCUT2D eigenvalue weighted by atomic mass is 16.5. The lowest BCUT2D eigenvalue weighted by Gasteiger charge is -2.09. The van der Waals surface area contributed by atoms with Crippen LogP contribution in [-0.4, -0.2) is 27.4 Å². The van der Waals surface area contributed by atoms with Crippen molar-refractivity contribution in [1.29, 1.82) is 5.26 Å². The first kappa shape index (κ1) is 15.4. The van der Waals surface area contributed by atoms with E-state index in [1.807, 2.05) is 43.6 Å². The van der Waals surface area contributed by atoms with Crippen LogP contribution in [0.4, 0.5) is 5.69 Å². The Hall–Kier alpha value is -3.53. The van der Waals surface area contributed by atoms with Crippen molar-refractivity contribution in [3.63, 3.8) is 0 Å². The summed E-state index contributed by atoms with van der Waals surface area (Å²) >= 11 is 0. The number of nitrogen functional groups attached to an aromatic ring is 1. The van der Waals surface area contributed by atoms with Crippen LogP contribution in [-0.2, 0) is 11.8 Å². The first-order valence-electron chi connectivity index (χ1n) is 7.14. The number of esters is 1. The van der Waals surface area contributed by atoms with E-state index in [0.717, 1.165) is 11.1 Å². The lowest BCUT2D eigenvalue weighted by molar-refractivity contribution is 0.0593. The van der Waals surface area contributed by atoms with Crippen LogP contribution < -0.4 is 5.73 Å². The highest BCUT2D eigenvalue weighted by Gasteiger charge is 2.21. The highest BCUT2D eigenvalue weighted by Crippen LogP contribution is 2.26. The molecule has 3 aromatic rings. The molecule has 0 radical (unpaired) electrons. The van der Waals surface area contributed by atoms with Crippen molar-refractivity contribution in [2.75, 3.05) is 12.8 Å². The molecule has 120 valence electrons. The number of nitrogens with zero attached hydrogens (tertiary/aromatic N) is 4. The Morgan fingerprint density at radius 3 is 2.50 bits per heavy atom. The van der Waals surface area contributed by atoms with Gasteiger partial charge < -0.3 is 15.0 Å². The molecule has 2 heterocycles. The molecule has 7 heteroatoms. The van der Waals surface area contributed by atoms with Crippen molar-refractivity contribution in [2.24, 2.45) is 7.05 Å². The van der Waals surface area contributed by atoms with Gasteiger partial charge in [0.15, 0.2) is 5.69 Å². The lowest BCUT2D eigenvalue weighted by atomic mass is 10.1. The monoisotopic (exact) mass is 321 g/mol. The number of benzene rings is 1. The van der Waals surface area contributed by atoms with Gasteiger partial charge in [-0.3, -0.25) is 4.68 Å².